The smallest absolute Gasteiger partial charge is 0.244 e. The summed E-state index contributed by atoms with van der Waals surface area (Å²) in [6, 6.07) is 5.37. The summed E-state index contributed by atoms with van der Waals surface area (Å²) in [5, 5.41) is 0. The van der Waals surface area contributed by atoms with E-state index in [1.165, 1.54) is 0 Å². The second-order valence-corrected chi connectivity index (χ2v) is 5.66. The number of amides is 1. The number of morpholine rings is 1. The van der Waals surface area contributed by atoms with Gasteiger partial charge < -0.3 is 14.1 Å². The molecule has 1 amide bonds. The van der Waals surface area contributed by atoms with Gasteiger partial charge in [-0.1, -0.05) is 6.07 Å². The zero-order valence-corrected chi connectivity index (χ0v) is 13.2. The van der Waals surface area contributed by atoms with Gasteiger partial charge in [0.1, 0.15) is 6.04 Å². The van der Waals surface area contributed by atoms with Crippen LogP contribution in [-0.2, 0) is 16.1 Å². The molecule has 1 aliphatic heterocycles. The van der Waals surface area contributed by atoms with Crippen molar-refractivity contribution in [2.75, 3.05) is 33.4 Å². The van der Waals surface area contributed by atoms with Gasteiger partial charge in [0, 0.05) is 44.6 Å². The lowest BCUT2D eigenvalue weighted by Gasteiger charge is -2.35. The molecule has 0 unspecified atom stereocenters. The second kappa shape index (κ2) is 7.39. The third-order valence-corrected chi connectivity index (χ3v) is 4.02. The third-order valence-electron chi connectivity index (χ3n) is 4.02. The Bertz CT molecular complexity index is 609. The first-order chi connectivity index (χ1) is 11.3. The largest absolute Gasteiger partial charge is 0.472 e. The van der Waals surface area contributed by atoms with Gasteiger partial charge in [0.05, 0.1) is 25.7 Å². The molecule has 0 aliphatic carbocycles. The molecular weight excluding hydrogens is 294 g/mol. The molecule has 0 saturated carbocycles. The lowest BCUT2D eigenvalue weighted by atomic mass is 10.1. The molecule has 3 heterocycles. The highest BCUT2D eigenvalue weighted by atomic mass is 16.5. The first-order valence-corrected chi connectivity index (χ1v) is 7.73. The number of hydrogen-bond donors (Lipinski definition) is 0. The molecule has 0 aromatic carbocycles. The highest BCUT2D eigenvalue weighted by Crippen LogP contribution is 2.24. The molecule has 1 fully saturated rings. The van der Waals surface area contributed by atoms with Crippen molar-refractivity contribution in [2.45, 2.75) is 12.6 Å². The number of hydrogen-bond acceptors (Lipinski definition) is 5. The normalized spacial score (nSPS) is 16.9. The van der Waals surface area contributed by atoms with Crippen LogP contribution in [0.3, 0.4) is 0 Å². The van der Waals surface area contributed by atoms with E-state index >= 15 is 0 Å². The van der Waals surface area contributed by atoms with Crippen LogP contribution in [0.15, 0.2) is 47.5 Å². The van der Waals surface area contributed by atoms with E-state index in [4.69, 9.17) is 9.15 Å². The van der Waals surface area contributed by atoms with Gasteiger partial charge in [-0.05, 0) is 17.7 Å². The Kier molecular flexibility index (Phi) is 5.05. The van der Waals surface area contributed by atoms with Crippen LogP contribution in [0.1, 0.15) is 17.2 Å². The highest BCUT2D eigenvalue weighted by Gasteiger charge is 2.31. The lowest BCUT2D eigenvalue weighted by molar-refractivity contribution is -0.138. The minimum Gasteiger partial charge on any atom is -0.472 e. The van der Waals surface area contributed by atoms with E-state index in [0.717, 1.165) is 24.2 Å². The van der Waals surface area contributed by atoms with Gasteiger partial charge in [-0.25, -0.2) is 0 Å². The molecule has 23 heavy (non-hydrogen) atoms. The van der Waals surface area contributed by atoms with Crippen molar-refractivity contribution in [3.63, 3.8) is 0 Å². The van der Waals surface area contributed by atoms with E-state index in [1.807, 2.05) is 25.2 Å². The minimum atomic E-state index is -0.329. The second-order valence-electron chi connectivity index (χ2n) is 5.66. The van der Waals surface area contributed by atoms with E-state index in [2.05, 4.69) is 9.88 Å². The van der Waals surface area contributed by atoms with Gasteiger partial charge >= 0.3 is 0 Å². The number of ether oxygens (including phenoxy) is 1. The predicted molar refractivity (Wildman–Crippen MR) is 84.6 cm³/mol. The van der Waals surface area contributed by atoms with E-state index < -0.39 is 0 Å². The Morgan fingerprint density at radius 3 is 2.87 bits per heavy atom. The Balaban J connectivity index is 1.80. The van der Waals surface area contributed by atoms with Crippen molar-refractivity contribution in [3.8, 4) is 0 Å². The molecule has 0 N–H and O–H groups in total. The predicted octanol–water partition coefficient (Wildman–Crippen LogP) is 1.71. The number of aromatic nitrogens is 1. The van der Waals surface area contributed by atoms with Crippen LogP contribution in [0.5, 0.6) is 0 Å². The fraction of sp³-hybridized carbons (Fsp3) is 0.412. The van der Waals surface area contributed by atoms with Crippen LogP contribution in [0.2, 0.25) is 0 Å². The first-order valence-electron chi connectivity index (χ1n) is 7.73. The molecule has 1 saturated heterocycles. The van der Waals surface area contributed by atoms with Crippen LogP contribution in [0, 0.1) is 0 Å². The van der Waals surface area contributed by atoms with Gasteiger partial charge in [-0.2, -0.15) is 0 Å². The number of furan rings is 1. The lowest BCUT2D eigenvalue weighted by Crippen LogP contribution is -2.46. The van der Waals surface area contributed by atoms with Crippen molar-refractivity contribution in [3.05, 3.63) is 54.2 Å². The first kappa shape index (κ1) is 15.7. The SMILES string of the molecule is CN(Cc1ccoc1)C(=O)[C@H](c1cccnc1)N1CCOCC1. The maximum Gasteiger partial charge on any atom is 0.244 e. The Morgan fingerprint density at radius 2 is 2.22 bits per heavy atom. The molecule has 1 aliphatic rings. The number of pyridine rings is 1. The summed E-state index contributed by atoms with van der Waals surface area (Å²) in [4.78, 5) is 21.1. The molecule has 6 heteroatoms. The monoisotopic (exact) mass is 315 g/mol. The fourth-order valence-electron chi connectivity index (χ4n) is 2.83. The molecule has 3 rings (SSSR count). The zero-order chi connectivity index (χ0) is 16.1. The average molecular weight is 315 g/mol. The average Bonchev–Trinajstić information content (AvgIpc) is 3.10. The maximum atomic E-state index is 13.1. The summed E-state index contributed by atoms with van der Waals surface area (Å²) in [7, 11) is 1.82. The standard InChI is InChI=1S/C17H21N3O3/c1-19(12-14-4-8-23-13-14)17(21)16(15-3-2-5-18-11-15)20-6-9-22-10-7-20/h2-5,8,11,13,16H,6-7,9-10,12H2,1H3/t16-/m0/s1. The summed E-state index contributed by atoms with van der Waals surface area (Å²) in [5.74, 6) is 0.0566. The van der Waals surface area contributed by atoms with E-state index in [1.54, 1.807) is 29.8 Å². The van der Waals surface area contributed by atoms with Crippen molar-refractivity contribution >= 4 is 5.91 Å². The summed E-state index contributed by atoms with van der Waals surface area (Å²) < 4.78 is 10.5. The number of likely N-dealkylation sites (N-methyl/N-ethyl adjacent to an activating group) is 1. The summed E-state index contributed by atoms with van der Waals surface area (Å²) in [6.45, 7) is 3.30. The Morgan fingerprint density at radius 1 is 1.39 bits per heavy atom. The van der Waals surface area contributed by atoms with E-state index in [-0.39, 0.29) is 11.9 Å². The summed E-state index contributed by atoms with van der Waals surface area (Å²) in [6.07, 6.45) is 6.77. The van der Waals surface area contributed by atoms with Gasteiger partial charge in [0.2, 0.25) is 5.91 Å². The molecule has 6 nitrogen and oxygen atoms in total. The number of rotatable bonds is 5. The van der Waals surface area contributed by atoms with Gasteiger partial charge in [0.15, 0.2) is 0 Å². The molecule has 0 spiro atoms. The van der Waals surface area contributed by atoms with Crippen molar-refractivity contribution in [1.29, 1.82) is 0 Å². The van der Waals surface area contributed by atoms with Crippen LogP contribution < -0.4 is 0 Å². The van der Waals surface area contributed by atoms with E-state index in [9.17, 15) is 4.79 Å². The Labute approximate surface area is 135 Å². The van der Waals surface area contributed by atoms with Gasteiger partial charge in [-0.3, -0.25) is 14.7 Å². The number of carbonyl (C=O) groups is 1. The fourth-order valence-corrected chi connectivity index (χ4v) is 2.83. The molecule has 1 atom stereocenters. The molecule has 0 bridgehead atoms. The van der Waals surface area contributed by atoms with Crippen molar-refractivity contribution < 1.29 is 13.9 Å². The maximum absolute atomic E-state index is 13.1. The van der Waals surface area contributed by atoms with Crippen LogP contribution in [0.4, 0.5) is 0 Å². The van der Waals surface area contributed by atoms with Crippen LogP contribution >= 0.6 is 0 Å². The molecule has 2 aromatic rings. The Hall–Kier alpha value is -2.18. The topological polar surface area (TPSA) is 58.8 Å². The number of nitrogens with zero attached hydrogens (tertiary/aromatic N) is 3. The van der Waals surface area contributed by atoms with Crippen molar-refractivity contribution in [1.82, 2.24) is 14.8 Å². The van der Waals surface area contributed by atoms with Gasteiger partial charge in [0.25, 0.3) is 0 Å². The van der Waals surface area contributed by atoms with Gasteiger partial charge in [-0.15, -0.1) is 0 Å². The molecule has 2 aromatic heterocycles. The molecule has 122 valence electrons. The highest BCUT2D eigenvalue weighted by molar-refractivity contribution is 5.83. The minimum absolute atomic E-state index is 0.0566. The van der Waals surface area contributed by atoms with Crippen LogP contribution in [-0.4, -0.2) is 54.0 Å². The van der Waals surface area contributed by atoms with Crippen LogP contribution in [0.25, 0.3) is 0 Å². The molecule has 0 radical (unpaired) electrons. The quantitative estimate of drug-likeness (QED) is 0.840. The summed E-state index contributed by atoms with van der Waals surface area (Å²) >= 11 is 0. The van der Waals surface area contributed by atoms with Crippen molar-refractivity contribution in [2.24, 2.45) is 0 Å². The number of carbonyl (C=O) groups excluding carboxylic acids is 1. The van der Waals surface area contributed by atoms with E-state index in [0.29, 0.717) is 19.8 Å². The zero-order valence-electron chi connectivity index (χ0n) is 13.2. The summed E-state index contributed by atoms with van der Waals surface area (Å²) in [5.41, 5.74) is 1.89. The molecular formula is C17H21N3O3. The third kappa shape index (κ3) is 3.78.